The number of rotatable bonds is 3. The van der Waals surface area contributed by atoms with E-state index in [2.05, 4.69) is 15.7 Å². The van der Waals surface area contributed by atoms with E-state index in [0.717, 1.165) is 18.8 Å². The highest BCUT2D eigenvalue weighted by Crippen LogP contribution is 2.16. The molecule has 0 saturated carbocycles. The van der Waals surface area contributed by atoms with Crippen LogP contribution in [0.4, 0.5) is 5.82 Å². The molecule has 100 valence electrons. The van der Waals surface area contributed by atoms with Crippen LogP contribution in [-0.2, 0) is 16.1 Å². The summed E-state index contributed by atoms with van der Waals surface area (Å²) in [4.78, 5) is 12.2. The van der Waals surface area contributed by atoms with E-state index < -0.39 is 5.60 Å². The highest BCUT2D eigenvalue weighted by molar-refractivity contribution is 5.96. The van der Waals surface area contributed by atoms with Crippen molar-refractivity contribution in [2.75, 3.05) is 25.0 Å². The molecule has 0 spiro atoms. The van der Waals surface area contributed by atoms with Gasteiger partial charge < -0.3 is 15.4 Å². The smallest absolute Gasteiger partial charge is 0.258 e. The SMILES string of the molecule is CCn1nc(NC(=O)C2(C)CNCCO2)cc1C. The largest absolute Gasteiger partial charge is 0.363 e. The van der Waals surface area contributed by atoms with Crippen molar-refractivity contribution in [3.63, 3.8) is 0 Å². The third kappa shape index (κ3) is 2.54. The number of anilines is 1. The van der Waals surface area contributed by atoms with Gasteiger partial charge in [-0.15, -0.1) is 0 Å². The number of nitrogens with zero attached hydrogens (tertiary/aromatic N) is 2. The van der Waals surface area contributed by atoms with Crippen LogP contribution < -0.4 is 10.6 Å². The first-order chi connectivity index (χ1) is 8.55. The third-order valence-electron chi connectivity index (χ3n) is 3.16. The number of aryl methyl sites for hydroxylation is 2. The monoisotopic (exact) mass is 252 g/mol. The van der Waals surface area contributed by atoms with E-state index in [-0.39, 0.29) is 5.91 Å². The summed E-state index contributed by atoms with van der Waals surface area (Å²) in [5.74, 6) is 0.421. The number of nitrogens with one attached hydrogen (secondary N) is 2. The van der Waals surface area contributed by atoms with Gasteiger partial charge in [0.25, 0.3) is 5.91 Å². The Balaban J connectivity index is 2.05. The van der Waals surface area contributed by atoms with Gasteiger partial charge in [0, 0.05) is 31.4 Å². The standard InChI is InChI=1S/C12H20N4O2/c1-4-16-9(2)7-10(15-16)14-11(17)12(3)8-13-5-6-18-12/h7,13H,4-6,8H2,1-3H3,(H,14,15,17). The van der Waals surface area contributed by atoms with Crippen LogP contribution in [0.15, 0.2) is 6.07 Å². The van der Waals surface area contributed by atoms with E-state index in [1.165, 1.54) is 0 Å². The van der Waals surface area contributed by atoms with Gasteiger partial charge in [0.05, 0.1) is 6.61 Å². The minimum absolute atomic E-state index is 0.157. The molecule has 1 saturated heterocycles. The number of aromatic nitrogens is 2. The molecule has 2 N–H and O–H groups in total. The Labute approximate surface area is 107 Å². The Morgan fingerprint density at radius 1 is 1.72 bits per heavy atom. The van der Waals surface area contributed by atoms with Crippen molar-refractivity contribution >= 4 is 11.7 Å². The number of carbonyl (C=O) groups is 1. The number of hydrogen-bond acceptors (Lipinski definition) is 4. The third-order valence-corrected chi connectivity index (χ3v) is 3.16. The van der Waals surface area contributed by atoms with E-state index in [1.807, 2.05) is 24.6 Å². The summed E-state index contributed by atoms with van der Waals surface area (Å²) in [7, 11) is 0. The minimum Gasteiger partial charge on any atom is -0.363 e. The topological polar surface area (TPSA) is 68.2 Å². The molecule has 0 aromatic carbocycles. The molecule has 1 aliphatic heterocycles. The normalized spacial score (nSPS) is 23.9. The fourth-order valence-corrected chi connectivity index (χ4v) is 2.01. The molecule has 0 aliphatic carbocycles. The zero-order chi connectivity index (χ0) is 13.2. The Bertz CT molecular complexity index is 435. The van der Waals surface area contributed by atoms with E-state index in [1.54, 1.807) is 6.92 Å². The van der Waals surface area contributed by atoms with Crippen LogP contribution in [0.2, 0.25) is 0 Å². The first-order valence-corrected chi connectivity index (χ1v) is 6.26. The molecule has 18 heavy (non-hydrogen) atoms. The van der Waals surface area contributed by atoms with Crippen molar-refractivity contribution in [2.24, 2.45) is 0 Å². The maximum absolute atomic E-state index is 12.2. The molecule has 1 aliphatic rings. The summed E-state index contributed by atoms with van der Waals surface area (Å²) in [6, 6.07) is 1.86. The fraction of sp³-hybridized carbons (Fsp3) is 0.667. The number of amides is 1. The van der Waals surface area contributed by atoms with Gasteiger partial charge in [0.2, 0.25) is 0 Å². The summed E-state index contributed by atoms with van der Waals surface area (Å²) in [6.07, 6.45) is 0. The number of ether oxygens (including phenoxy) is 1. The molecular formula is C12H20N4O2. The fourth-order valence-electron chi connectivity index (χ4n) is 2.01. The molecule has 2 heterocycles. The summed E-state index contributed by atoms with van der Waals surface area (Å²) in [5, 5.41) is 10.3. The maximum Gasteiger partial charge on any atom is 0.258 e. The Morgan fingerprint density at radius 3 is 3.06 bits per heavy atom. The predicted octanol–water partition coefficient (Wildman–Crippen LogP) is 0.528. The second-order valence-corrected chi connectivity index (χ2v) is 4.70. The Kier molecular flexibility index (Phi) is 3.68. The quantitative estimate of drug-likeness (QED) is 0.823. The van der Waals surface area contributed by atoms with Gasteiger partial charge in [0.15, 0.2) is 11.4 Å². The van der Waals surface area contributed by atoms with Crippen molar-refractivity contribution in [3.8, 4) is 0 Å². The maximum atomic E-state index is 12.2. The van der Waals surface area contributed by atoms with Crippen LogP contribution in [0.1, 0.15) is 19.5 Å². The van der Waals surface area contributed by atoms with Gasteiger partial charge in [-0.1, -0.05) is 0 Å². The van der Waals surface area contributed by atoms with Crippen LogP contribution >= 0.6 is 0 Å². The van der Waals surface area contributed by atoms with Crippen molar-refractivity contribution in [3.05, 3.63) is 11.8 Å². The van der Waals surface area contributed by atoms with Crippen LogP contribution in [0.25, 0.3) is 0 Å². The molecule has 0 radical (unpaired) electrons. The van der Waals surface area contributed by atoms with Crippen molar-refractivity contribution in [1.29, 1.82) is 0 Å². The zero-order valence-electron chi connectivity index (χ0n) is 11.1. The summed E-state index contributed by atoms with van der Waals surface area (Å²) >= 11 is 0. The average Bonchev–Trinajstić information content (AvgIpc) is 2.70. The van der Waals surface area contributed by atoms with Gasteiger partial charge in [-0.05, 0) is 20.8 Å². The lowest BCUT2D eigenvalue weighted by Gasteiger charge is -2.32. The Hall–Kier alpha value is -1.40. The van der Waals surface area contributed by atoms with E-state index in [4.69, 9.17) is 4.74 Å². The van der Waals surface area contributed by atoms with Gasteiger partial charge >= 0.3 is 0 Å². The lowest BCUT2D eigenvalue weighted by atomic mass is 10.0. The first-order valence-electron chi connectivity index (χ1n) is 6.26. The van der Waals surface area contributed by atoms with Crippen molar-refractivity contribution in [2.45, 2.75) is 32.9 Å². The summed E-state index contributed by atoms with van der Waals surface area (Å²) in [6.45, 7) is 8.41. The molecule has 1 aromatic heterocycles. The predicted molar refractivity (Wildman–Crippen MR) is 68.5 cm³/mol. The van der Waals surface area contributed by atoms with Crippen molar-refractivity contribution in [1.82, 2.24) is 15.1 Å². The summed E-state index contributed by atoms with van der Waals surface area (Å²) in [5.41, 5.74) is 0.211. The minimum atomic E-state index is -0.817. The number of morpholine rings is 1. The lowest BCUT2D eigenvalue weighted by molar-refractivity contribution is -0.142. The molecule has 1 atom stereocenters. The number of carbonyl (C=O) groups excluding carboxylic acids is 1. The van der Waals surface area contributed by atoms with Crippen LogP contribution in [0, 0.1) is 6.92 Å². The highest BCUT2D eigenvalue weighted by atomic mass is 16.5. The van der Waals surface area contributed by atoms with Crippen LogP contribution in [0.3, 0.4) is 0 Å². The second-order valence-electron chi connectivity index (χ2n) is 4.70. The van der Waals surface area contributed by atoms with E-state index in [9.17, 15) is 4.79 Å². The molecule has 1 fully saturated rings. The lowest BCUT2D eigenvalue weighted by Crippen LogP contribution is -2.55. The molecule has 1 amide bonds. The van der Waals surface area contributed by atoms with Crippen LogP contribution in [0.5, 0.6) is 0 Å². The van der Waals surface area contributed by atoms with Gasteiger partial charge in [-0.25, -0.2) is 0 Å². The molecule has 1 unspecified atom stereocenters. The zero-order valence-corrected chi connectivity index (χ0v) is 11.1. The van der Waals surface area contributed by atoms with Crippen molar-refractivity contribution < 1.29 is 9.53 Å². The molecular weight excluding hydrogens is 232 g/mol. The van der Waals surface area contributed by atoms with E-state index in [0.29, 0.717) is 19.0 Å². The molecule has 6 heteroatoms. The molecule has 2 rings (SSSR count). The molecule has 0 bridgehead atoms. The second kappa shape index (κ2) is 5.07. The Morgan fingerprint density at radius 2 is 2.50 bits per heavy atom. The van der Waals surface area contributed by atoms with Gasteiger partial charge in [-0.2, -0.15) is 5.10 Å². The first kappa shape index (κ1) is 13.0. The molecule has 1 aromatic rings. The average molecular weight is 252 g/mol. The number of hydrogen-bond donors (Lipinski definition) is 2. The van der Waals surface area contributed by atoms with Gasteiger partial charge in [-0.3, -0.25) is 9.48 Å². The molecule has 6 nitrogen and oxygen atoms in total. The highest BCUT2D eigenvalue weighted by Gasteiger charge is 2.36. The van der Waals surface area contributed by atoms with Crippen LogP contribution in [-0.4, -0.2) is 41.0 Å². The summed E-state index contributed by atoms with van der Waals surface area (Å²) < 4.78 is 7.40. The van der Waals surface area contributed by atoms with E-state index >= 15 is 0 Å². The van der Waals surface area contributed by atoms with Gasteiger partial charge in [0.1, 0.15) is 0 Å².